The Labute approximate surface area is 140 Å². The smallest absolute Gasteiger partial charge is 0.239 e. The molecular weight excluding hydrogens is 328 g/mol. The SMILES string of the molecule is COc1ccc(NC(=O)CS(=O)(=O)Cc2cccc(C#N)c2)cc1. The van der Waals surface area contributed by atoms with Crippen molar-refractivity contribution in [3.63, 3.8) is 0 Å². The number of methoxy groups -OCH3 is 1. The van der Waals surface area contributed by atoms with Crippen molar-refractivity contribution in [2.75, 3.05) is 18.2 Å². The molecule has 0 radical (unpaired) electrons. The van der Waals surface area contributed by atoms with E-state index in [0.29, 0.717) is 22.6 Å². The molecule has 0 saturated carbocycles. The summed E-state index contributed by atoms with van der Waals surface area (Å²) in [6.45, 7) is 0. The lowest BCUT2D eigenvalue weighted by Crippen LogP contribution is -2.23. The number of hydrogen-bond donors (Lipinski definition) is 1. The molecule has 7 heteroatoms. The second kappa shape index (κ2) is 7.62. The van der Waals surface area contributed by atoms with E-state index < -0.39 is 21.5 Å². The number of carbonyl (C=O) groups excluding carboxylic acids is 1. The third kappa shape index (κ3) is 5.11. The molecule has 0 heterocycles. The average Bonchev–Trinajstić information content (AvgIpc) is 2.54. The molecule has 124 valence electrons. The highest BCUT2D eigenvalue weighted by Gasteiger charge is 2.18. The van der Waals surface area contributed by atoms with Crippen molar-refractivity contribution in [2.24, 2.45) is 0 Å². The van der Waals surface area contributed by atoms with Gasteiger partial charge in [-0.1, -0.05) is 12.1 Å². The number of ether oxygens (including phenoxy) is 1. The van der Waals surface area contributed by atoms with Gasteiger partial charge in [-0.2, -0.15) is 5.26 Å². The fourth-order valence-electron chi connectivity index (χ4n) is 2.11. The number of amides is 1. The van der Waals surface area contributed by atoms with Gasteiger partial charge in [-0.3, -0.25) is 4.79 Å². The summed E-state index contributed by atoms with van der Waals surface area (Å²) in [6.07, 6.45) is 0. The van der Waals surface area contributed by atoms with Crippen LogP contribution in [0.1, 0.15) is 11.1 Å². The number of rotatable bonds is 6. The summed E-state index contributed by atoms with van der Waals surface area (Å²) >= 11 is 0. The molecule has 2 rings (SSSR count). The van der Waals surface area contributed by atoms with Crippen LogP contribution >= 0.6 is 0 Å². The Hall–Kier alpha value is -2.85. The number of benzene rings is 2. The predicted molar refractivity (Wildman–Crippen MR) is 90.3 cm³/mol. The standard InChI is InChI=1S/C17H16N2O4S/c1-23-16-7-5-15(6-8-16)19-17(20)12-24(21,22)11-14-4-2-3-13(9-14)10-18/h2-9H,11-12H2,1H3,(H,19,20). The predicted octanol–water partition coefficient (Wildman–Crippen LogP) is 2.12. The molecule has 0 unspecified atom stereocenters. The maximum Gasteiger partial charge on any atom is 0.239 e. The van der Waals surface area contributed by atoms with E-state index in [0.717, 1.165) is 0 Å². The van der Waals surface area contributed by atoms with Crippen molar-refractivity contribution in [1.29, 1.82) is 5.26 Å². The van der Waals surface area contributed by atoms with Crippen LogP contribution in [0.4, 0.5) is 5.69 Å². The Morgan fingerprint density at radius 1 is 1.21 bits per heavy atom. The molecule has 0 aromatic heterocycles. The van der Waals surface area contributed by atoms with Crippen LogP contribution in [0, 0.1) is 11.3 Å². The lowest BCUT2D eigenvalue weighted by molar-refractivity contribution is -0.113. The normalized spacial score (nSPS) is 10.7. The minimum absolute atomic E-state index is 0.293. The summed E-state index contributed by atoms with van der Waals surface area (Å²) in [7, 11) is -2.11. The maximum absolute atomic E-state index is 12.1. The topological polar surface area (TPSA) is 96.3 Å². The third-order valence-corrected chi connectivity index (χ3v) is 4.64. The van der Waals surface area contributed by atoms with E-state index >= 15 is 0 Å². The molecule has 0 aliphatic carbocycles. The second-order valence-corrected chi connectivity index (χ2v) is 7.19. The summed E-state index contributed by atoms with van der Waals surface area (Å²) in [5, 5.41) is 11.4. The highest BCUT2D eigenvalue weighted by molar-refractivity contribution is 7.91. The summed E-state index contributed by atoms with van der Waals surface area (Å²) < 4.78 is 29.3. The lowest BCUT2D eigenvalue weighted by atomic mass is 10.2. The number of anilines is 1. The Morgan fingerprint density at radius 2 is 1.92 bits per heavy atom. The third-order valence-electron chi connectivity index (χ3n) is 3.17. The fraction of sp³-hybridized carbons (Fsp3) is 0.176. The Balaban J connectivity index is 1.99. The number of carbonyl (C=O) groups is 1. The van der Waals surface area contributed by atoms with Crippen molar-refractivity contribution >= 4 is 21.4 Å². The molecule has 1 N–H and O–H groups in total. The summed E-state index contributed by atoms with van der Waals surface area (Å²) in [6, 6.07) is 14.8. The Morgan fingerprint density at radius 3 is 2.54 bits per heavy atom. The zero-order valence-electron chi connectivity index (χ0n) is 13.0. The van der Waals surface area contributed by atoms with Gasteiger partial charge < -0.3 is 10.1 Å². The van der Waals surface area contributed by atoms with Gasteiger partial charge in [0, 0.05) is 5.69 Å². The van der Waals surface area contributed by atoms with E-state index in [9.17, 15) is 13.2 Å². The van der Waals surface area contributed by atoms with E-state index in [1.165, 1.54) is 13.2 Å². The van der Waals surface area contributed by atoms with Gasteiger partial charge in [0.25, 0.3) is 0 Å². The fourth-order valence-corrected chi connectivity index (χ4v) is 3.37. The largest absolute Gasteiger partial charge is 0.497 e. The molecule has 0 aliphatic rings. The van der Waals surface area contributed by atoms with Crippen LogP contribution in [-0.4, -0.2) is 27.2 Å². The van der Waals surface area contributed by atoms with E-state index in [1.54, 1.807) is 42.5 Å². The van der Waals surface area contributed by atoms with Gasteiger partial charge in [-0.05, 0) is 42.0 Å². The van der Waals surface area contributed by atoms with Crippen molar-refractivity contribution in [3.8, 4) is 11.8 Å². The quantitative estimate of drug-likeness (QED) is 0.866. The number of nitriles is 1. The van der Waals surface area contributed by atoms with E-state index in [1.807, 2.05) is 6.07 Å². The van der Waals surface area contributed by atoms with Gasteiger partial charge in [-0.25, -0.2) is 8.42 Å². The average molecular weight is 344 g/mol. The second-order valence-electron chi connectivity index (χ2n) is 5.12. The Kier molecular flexibility index (Phi) is 5.55. The van der Waals surface area contributed by atoms with Crippen LogP contribution in [0.15, 0.2) is 48.5 Å². The minimum atomic E-state index is -3.64. The van der Waals surface area contributed by atoms with Gasteiger partial charge in [-0.15, -0.1) is 0 Å². The summed E-state index contributed by atoms with van der Waals surface area (Å²) in [4.78, 5) is 11.9. The lowest BCUT2D eigenvalue weighted by Gasteiger charge is -2.07. The Bertz CT molecular complexity index is 868. The van der Waals surface area contributed by atoms with Crippen LogP contribution in [0.5, 0.6) is 5.75 Å². The zero-order chi connectivity index (χ0) is 17.6. The molecule has 6 nitrogen and oxygen atoms in total. The van der Waals surface area contributed by atoms with Crippen molar-refractivity contribution < 1.29 is 17.9 Å². The molecule has 0 aliphatic heterocycles. The first-order chi connectivity index (χ1) is 11.4. The number of nitrogens with zero attached hydrogens (tertiary/aromatic N) is 1. The van der Waals surface area contributed by atoms with Crippen molar-refractivity contribution in [3.05, 3.63) is 59.7 Å². The van der Waals surface area contributed by atoms with E-state index in [2.05, 4.69) is 5.32 Å². The van der Waals surface area contributed by atoms with Gasteiger partial charge in [0.2, 0.25) is 5.91 Å². The summed E-state index contributed by atoms with van der Waals surface area (Å²) in [5.41, 5.74) is 1.35. The van der Waals surface area contributed by atoms with Crippen LogP contribution < -0.4 is 10.1 Å². The van der Waals surface area contributed by atoms with Crippen molar-refractivity contribution in [2.45, 2.75) is 5.75 Å². The van der Waals surface area contributed by atoms with E-state index in [-0.39, 0.29) is 5.75 Å². The number of hydrogen-bond acceptors (Lipinski definition) is 5. The van der Waals surface area contributed by atoms with Crippen LogP contribution in [0.25, 0.3) is 0 Å². The van der Waals surface area contributed by atoms with Gasteiger partial charge in [0.1, 0.15) is 11.5 Å². The van der Waals surface area contributed by atoms with Gasteiger partial charge >= 0.3 is 0 Å². The minimum Gasteiger partial charge on any atom is -0.497 e. The molecule has 24 heavy (non-hydrogen) atoms. The highest BCUT2D eigenvalue weighted by Crippen LogP contribution is 2.15. The molecule has 2 aromatic rings. The molecule has 0 saturated heterocycles. The summed E-state index contributed by atoms with van der Waals surface area (Å²) in [5.74, 6) is -0.899. The van der Waals surface area contributed by atoms with Gasteiger partial charge in [0.15, 0.2) is 9.84 Å². The number of nitrogens with one attached hydrogen (secondary N) is 1. The maximum atomic E-state index is 12.1. The molecule has 0 spiro atoms. The first kappa shape index (κ1) is 17.5. The molecular formula is C17H16N2O4S. The monoisotopic (exact) mass is 344 g/mol. The highest BCUT2D eigenvalue weighted by atomic mass is 32.2. The van der Waals surface area contributed by atoms with E-state index in [4.69, 9.17) is 10.00 Å². The zero-order valence-corrected chi connectivity index (χ0v) is 13.8. The number of sulfone groups is 1. The first-order valence-corrected chi connectivity index (χ1v) is 8.87. The van der Waals surface area contributed by atoms with Gasteiger partial charge in [0.05, 0.1) is 24.5 Å². The molecule has 2 aromatic carbocycles. The van der Waals surface area contributed by atoms with Crippen molar-refractivity contribution in [1.82, 2.24) is 0 Å². The molecule has 1 amide bonds. The molecule has 0 fully saturated rings. The van der Waals surface area contributed by atoms with Crippen LogP contribution in [0.2, 0.25) is 0 Å². The molecule has 0 bridgehead atoms. The van der Waals surface area contributed by atoms with Crippen LogP contribution in [0.3, 0.4) is 0 Å². The van der Waals surface area contributed by atoms with Crippen LogP contribution in [-0.2, 0) is 20.4 Å². The first-order valence-electron chi connectivity index (χ1n) is 7.05. The molecule has 0 atom stereocenters.